The largest absolute Gasteiger partial charge is 0.369 e. The average molecular weight is 308 g/mol. The molecule has 6 heteroatoms. The van der Waals surface area contributed by atoms with E-state index >= 15 is 0 Å². The van der Waals surface area contributed by atoms with Gasteiger partial charge in [0.25, 0.3) is 0 Å². The van der Waals surface area contributed by atoms with Crippen molar-refractivity contribution < 1.29 is 8.78 Å². The van der Waals surface area contributed by atoms with Crippen LogP contribution in [0.5, 0.6) is 0 Å². The number of nitrogens with two attached hydrogens (primary N) is 1. The zero-order valence-electron chi connectivity index (χ0n) is 10.9. The van der Waals surface area contributed by atoms with Gasteiger partial charge in [0.05, 0.1) is 12.6 Å². The first kappa shape index (κ1) is 13.8. The van der Waals surface area contributed by atoms with Gasteiger partial charge in [-0.1, -0.05) is 17.7 Å². The lowest BCUT2D eigenvalue weighted by Gasteiger charge is -2.26. The second-order valence-corrected chi connectivity index (χ2v) is 5.20. The number of benzene rings is 2. The van der Waals surface area contributed by atoms with E-state index in [2.05, 4.69) is 4.99 Å². The Hall–Kier alpha value is -2.14. The van der Waals surface area contributed by atoms with Gasteiger partial charge in [0.1, 0.15) is 11.6 Å². The summed E-state index contributed by atoms with van der Waals surface area (Å²) in [4.78, 5) is 5.90. The number of hydrogen-bond donors (Lipinski definition) is 1. The van der Waals surface area contributed by atoms with E-state index in [0.717, 1.165) is 11.8 Å². The van der Waals surface area contributed by atoms with Gasteiger partial charge in [0.2, 0.25) is 0 Å². The molecule has 21 heavy (non-hydrogen) atoms. The molecule has 1 atom stereocenters. The maximum atomic E-state index is 13.4. The van der Waals surface area contributed by atoms with Gasteiger partial charge in [-0.15, -0.1) is 0 Å². The molecule has 0 radical (unpaired) electrons. The molecule has 0 fully saturated rings. The Kier molecular flexibility index (Phi) is 3.51. The SMILES string of the molecule is NC1=NCC(c2cc(F)cc(F)c2)N1c1cccc(Cl)c1. The van der Waals surface area contributed by atoms with Crippen LogP contribution in [-0.2, 0) is 0 Å². The molecule has 2 N–H and O–H groups in total. The highest BCUT2D eigenvalue weighted by Gasteiger charge is 2.29. The van der Waals surface area contributed by atoms with Crippen molar-refractivity contribution in [3.63, 3.8) is 0 Å². The molecular formula is C15H12ClF2N3. The molecule has 0 saturated heterocycles. The summed E-state index contributed by atoms with van der Waals surface area (Å²) in [6.45, 7) is 0.335. The zero-order valence-corrected chi connectivity index (χ0v) is 11.7. The summed E-state index contributed by atoms with van der Waals surface area (Å²) < 4.78 is 26.8. The van der Waals surface area contributed by atoms with Crippen LogP contribution in [0, 0.1) is 11.6 Å². The van der Waals surface area contributed by atoms with Crippen molar-refractivity contribution in [2.45, 2.75) is 6.04 Å². The fourth-order valence-corrected chi connectivity index (χ4v) is 2.64. The van der Waals surface area contributed by atoms with Gasteiger partial charge in [-0.25, -0.2) is 8.78 Å². The predicted molar refractivity (Wildman–Crippen MR) is 79.5 cm³/mol. The molecule has 108 valence electrons. The van der Waals surface area contributed by atoms with Crippen molar-refractivity contribution in [1.29, 1.82) is 0 Å². The van der Waals surface area contributed by atoms with Gasteiger partial charge in [-0.2, -0.15) is 0 Å². The number of hydrogen-bond acceptors (Lipinski definition) is 3. The highest BCUT2D eigenvalue weighted by atomic mass is 35.5. The standard InChI is InChI=1S/C15H12ClF2N3/c16-10-2-1-3-13(6-10)21-14(8-20-15(21)19)9-4-11(17)7-12(18)5-9/h1-7,14H,8H2,(H2,19,20). The molecule has 1 unspecified atom stereocenters. The topological polar surface area (TPSA) is 41.6 Å². The van der Waals surface area contributed by atoms with Gasteiger partial charge in [0.15, 0.2) is 5.96 Å². The fourth-order valence-electron chi connectivity index (χ4n) is 2.46. The number of nitrogens with zero attached hydrogens (tertiary/aromatic N) is 2. The highest BCUT2D eigenvalue weighted by molar-refractivity contribution is 6.30. The fraction of sp³-hybridized carbons (Fsp3) is 0.133. The lowest BCUT2D eigenvalue weighted by molar-refractivity contribution is 0.575. The van der Waals surface area contributed by atoms with Crippen LogP contribution in [-0.4, -0.2) is 12.5 Å². The molecule has 1 aliphatic rings. The summed E-state index contributed by atoms with van der Waals surface area (Å²) in [7, 11) is 0. The van der Waals surface area contributed by atoms with Crippen molar-refractivity contribution in [2.24, 2.45) is 10.7 Å². The van der Waals surface area contributed by atoms with E-state index < -0.39 is 11.6 Å². The van der Waals surface area contributed by atoms with Gasteiger partial charge >= 0.3 is 0 Å². The van der Waals surface area contributed by atoms with Crippen LogP contribution >= 0.6 is 11.6 Å². The van der Waals surface area contributed by atoms with E-state index in [1.165, 1.54) is 12.1 Å². The summed E-state index contributed by atoms with van der Waals surface area (Å²) >= 11 is 5.99. The third kappa shape index (κ3) is 2.69. The quantitative estimate of drug-likeness (QED) is 0.922. The summed E-state index contributed by atoms with van der Waals surface area (Å²) in [5.74, 6) is -0.949. The lowest BCUT2D eigenvalue weighted by Crippen LogP contribution is -2.36. The molecule has 1 heterocycles. The van der Waals surface area contributed by atoms with Gasteiger partial charge < -0.3 is 10.6 Å². The van der Waals surface area contributed by atoms with Crippen molar-refractivity contribution in [1.82, 2.24) is 0 Å². The minimum atomic E-state index is -0.624. The molecule has 2 aromatic carbocycles. The van der Waals surface area contributed by atoms with Crippen LogP contribution in [0.2, 0.25) is 5.02 Å². The Labute approximate surface area is 125 Å². The molecule has 1 aliphatic heterocycles. The Bertz CT molecular complexity index is 698. The summed E-state index contributed by atoms with van der Waals surface area (Å²) in [5, 5.41) is 0.552. The molecule has 0 spiro atoms. The smallest absolute Gasteiger partial charge is 0.196 e. The molecular weight excluding hydrogens is 296 g/mol. The minimum absolute atomic E-state index is 0.298. The summed E-state index contributed by atoms with van der Waals surface area (Å²) in [6.07, 6.45) is 0. The van der Waals surface area contributed by atoms with Gasteiger partial charge in [0, 0.05) is 16.8 Å². The third-order valence-electron chi connectivity index (χ3n) is 3.34. The Morgan fingerprint density at radius 1 is 1.14 bits per heavy atom. The highest BCUT2D eigenvalue weighted by Crippen LogP contribution is 2.32. The Morgan fingerprint density at radius 2 is 1.86 bits per heavy atom. The van der Waals surface area contributed by atoms with Crippen molar-refractivity contribution in [3.05, 3.63) is 64.7 Å². The molecule has 0 bridgehead atoms. The van der Waals surface area contributed by atoms with E-state index in [4.69, 9.17) is 17.3 Å². The lowest BCUT2D eigenvalue weighted by atomic mass is 10.1. The van der Waals surface area contributed by atoms with Crippen LogP contribution in [0.3, 0.4) is 0 Å². The first-order chi connectivity index (χ1) is 10.0. The second-order valence-electron chi connectivity index (χ2n) is 4.77. The monoisotopic (exact) mass is 307 g/mol. The number of rotatable bonds is 2. The first-order valence-corrected chi connectivity index (χ1v) is 6.73. The Balaban J connectivity index is 2.02. The van der Waals surface area contributed by atoms with Crippen molar-refractivity contribution >= 4 is 23.2 Å². The van der Waals surface area contributed by atoms with Gasteiger partial charge in [-0.3, -0.25) is 4.99 Å². The zero-order chi connectivity index (χ0) is 15.0. The van der Waals surface area contributed by atoms with Crippen LogP contribution < -0.4 is 10.6 Å². The van der Waals surface area contributed by atoms with E-state index in [9.17, 15) is 8.78 Å². The molecule has 2 aromatic rings. The molecule has 3 rings (SSSR count). The summed E-state index contributed by atoms with van der Waals surface area (Å²) in [5.41, 5.74) is 7.13. The maximum absolute atomic E-state index is 13.4. The molecule has 0 aromatic heterocycles. The maximum Gasteiger partial charge on any atom is 0.196 e. The van der Waals surface area contributed by atoms with E-state index in [-0.39, 0.29) is 6.04 Å². The molecule has 3 nitrogen and oxygen atoms in total. The minimum Gasteiger partial charge on any atom is -0.369 e. The van der Waals surface area contributed by atoms with Crippen molar-refractivity contribution in [2.75, 3.05) is 11.4 Å². The van der Waals surface area contributed by atoms with Crippen LogP contribution in [0.4, 0.5) is 14.5 Å². The first-order valence-electron chi connectivity index (χ1n) is 6.35. The van der Waals surface area contributed by atoms with E-state index in [1.807, 2.05) is 6.07 Å². The summed E-state index contributed by atoms with van der Waals surface area (Å²) in [6, 6.07) is 10.2. The van der Waals surface area contributed by atoms with Gasteiger partial charge in [-0.05, 0) is 35.9 Å². The molecule has 0 aliphatic carbocycles. The number of halogens is 3. The van der Waals surface area contributed by atoms with E-state index in [0.29, 0.717) is 23.1 Å². The number of anilines is 1. The average Bonchev–Trinajstić information content (AvgIpc) is 2.79. The normalized spacial score (nSPS) is 18.0. The Morgan fingerprint density at radius 3 is 2.52 bits per heavy atom. The second kappa shape index (κ2) is 5.33. The molecule has 0 amide bonds. The van der Waals surface area contributed by atoms with Crippen molar-refractivity contribution in [3.8, 4) is 0 Å². The van der Waals surface area contributed by atoms with Crippen LogP contribution in [0.15, 0.2) is 47.5 Å². The van der Waals surface area contributed by atoms with E-state index in [1.54, 1.807) is 23.1 Å². The third-order valence-corrected chi connectivity index (χ3v) is 3.58. The number of guanidine groups is 1. The van der Waals surface area contributed by atoms with Crippen LogP contribution in [0.1, 0.15) is 11.6 Å². The number of aliphatic imine (C=N–C) groups is 1. The predicted octanol–water partition coefficient (Wildman–Crippen LogP) is 3.49. The van der Waals surface area contributed by atoms with Crippen LogP contribution in [0.25, 0.3) is 0 Å². The molecule has 0 saturated carbocycles.